The van der Waals surface area contributed by atoms with Crippen molar-refractivity contribution in [1.82, 2.24) is 19.7 Å². The van der Waals surface area contributed by atoms with Gasteiger partial charge in [0.15, 0.2) is 0 Å². The Labute approximate surface area is 302 Å². The Morgan fingerprint density at radius 1 is 0.788 bits per heavy atom. The fourth-order valence-corrected chi connectivity index (χ4v) is 6.47. The van der Waals surface area contributed by atoms with Gasteiger partial charge >= 0.3 is 6.18 Å². The van der Waals surface area contributed by atoms with E-state index in [4.69, 9.17) is 0 Å². The molecule has 4 aromatic carbocycles. The molecule has 0 aliphatic carbocycles. The lowest BCUT2D eigenvalue weighted by molar-refractivity contribution is -0.145. The van der Waals surface area contributed by atoms with Crippen molar-refractivity contribution in [3.63, 3.8) is 0 Å². The minimum absolute atomic E-state index is 0.138. The Morgan fingerprint density at radius 3 is 2.13 bits per heavy atom. The van der Waals surface area contributed by atoms with Gasteiger partial charge in [-0.3, -0.25) is 19.5 Å². The van der Waals surface area contributed by atoms with Crippen LogP contribution in [0.2, 0.25) is 0 Å². The van der Waals surface area contributed by atoms with Gasteiger partial charge in [0.2, 0.25) is 11.8 Å². The van der Waals surface area contributed by atoms with E-state index >= 15 is 0 Å². The second kappa shape index (κ2) is 16.7. The highest BCUT2D eigenvalue weighted by atomic mass is 19.4. The first kappa shape index (κ1) is 36.3. The van der Waals surface area contributed by atoms with Gasteiger partial charge in [0, 0.05) is 63.5 Å². The summed E-state index contributed by atoms with van der Waals surface area (Å²) in [4.78, 5) is 39.0. The van der Waals surface area contributed by atoms with E-state index in [-0.39, 0.29) is 12.5 Å². The first-order chi connectivity index (χ1) is 25.1. The molecule has 2 heterocycles. The normalized spacial score (nSPS) is 14.3. The van der Waals surface area contributed by atoms with Gasteiger partial charge in [0.25, 0.3) is 0 Å². The van der Waals surface area contributed by atoms with E-state index in [2.05, 4.69) is 41.1 Å². The van der Waals surface area contributed by atoms with Crippen molar-refractivity contribution in [3.05, 3.63) is 167 Å². The van der Waals surface area contributed by atoms with E-state index in [0.29, 0.717) is 38.2 Å². The Balaban J connectivity index is 1.27. The van der Waals surface area contributed by atoms with Crippen molar-refractivity contribution in [2.45, 2.75) is 38.7 Å². The molecule has 1 aliphatic heterocycles. The van der Waals surface area contributed by atoms with Crippen LogP contribution < -0.4 is 0 Å². The summed E-state index contributed by atoms with van der Waals surface area (Å²) in [6.45, 7) is 5.48. The van der Waals surface area contributed by atoms with Gasteiger partial charge in [0.1, 0.15) is 6.04 Å². The van der Waals surface area contributed by atoms with Crippen LogP contribution >= 0.6 is 0 Å². The number of piperazine rings is 1. The van der Waals surface area contributed by atoms with Crippen LogP contribution in [0.25, 0.3) is 17.3 Å². The smallest absolute Gasteiger partial charge is 0.338 e. The lowest BCUT2D eigenvalue weighted by Crippen LogP contribution is -2.56. The first-order valence-corrected chi connectivity index (χ1v) is 17.4. The Hall–Kier alpha value is -5.54. The number of pyridine rings is 1. The number of halogens is 3. The molecule has 0 spiro atoms. The Bertz CT molecular complexity index is 1960. The standard InChI is InChI=1S/C43H41F3N4O2/c1-32-8-7-11-36(28-32)30-48-24-26-49(27-25-48)42(52)40(29-34-9-3-2-4-10-34)50(31-35-13-18-37(19-14-35)39-12-5-6-23-47-39)41(51)22-17-33-15-20-38(21-16-33)43(44,45)46/h2-23,28,40H,24-27,29-31H2,1H3. The number of nitrogens with zero attached hydrogens (tertiary/aromatic N) is 4. The minimum atomic E-state index is -4.46. The maximum absolute atomic E-state index is 14.6. The van der Waals surface area contributed by atoms with Crippen molar-refractivity contribution < 1.29 is 22.8 Å². The van der Waals surface area contributed by atoms with Crippen LogP contribution in [-0.2, 0) is 35.3 Å². The zero-order valence-corrected chi connectivity index (χ0v) is 29.0. The third-order valence-corrected chi connectivity index (χ3v) is 9.31. The molecule has 1 saturated heterocycles. The highest BCUT2D eigenvalue weighted by Crippen LogP contribution is 2.29. The number of rotatable bonds is 11. The van der Waals surface area contributed by atoms with E-state index in [9.17, 15) is 22.8 Å². The second-order valence-corrected chi connectivity index (χ2v) is 13.1. The molecule has 9 heteroatoms. The van der Waals surface area contributed by atoms with Crippen LogP contribution in [0.4, 0.5) is 13.2 Å². The predicted molar refractivity (Wildman–Crippen MR) is 198 cm³/mol. The summed E-state index contributed by atoms with van der Waals surface area (Å²) in [5, 5.41) is 0. The summed E-state index contributed by atoms with van der Waals surface area (Å²) in [6, 6.07) is 35.3. The van der Waals surface area contributed by atoms with E-state index in [1.54, 1.807) is 11.1 Å². The maximum atomic E-state index is 14.6. The number of aryl methyl sites for hydroxylation is 1. The number of benzene rings is 4. The zero-order valence-electron chi connectivity index (χ0n) is 29.0. The molecule has 6 rings (SSSR count). The molecular formula is C43H41F3N4O2. The maximum Gasteiger partial charge on any atom is 0.416 e. The molecule has 1 aliphatic rings. The van der Waals surface area contributed by atoms with Crippen molar-refractivity contribution >= 4 is 17.9 Å². The van der Waals surface area contributed by atoms with Crippen LogP contribution in [-0.4, -0.2) is 63.7 Å². The number of carbonyl (C=O) groups is 2. The average molecular weight is 703 g/mol. The SMILES string of the molecule is Cc1cccc(CN2CCN(C(=O)C(Cc3ccccc3)N(Cc3ccc(-c4ccccn4)cc3)C(=O)C=Cc3ccc(C(F)(F)F)cc3)CC2)c1. The summed E-state index contributed by atoms with van der Waals surface area (Å²) < 4.78 is 39.5. The molecular weight excluding hydrogens is 661 g/mol. The van der Waals surface area contributed by atoms with Crippen LogP contribution in [0.3, 0.4) is 0 Å². The summed E-state index contributed by atoms with van der Waals surface area (Å²) in [5.41, 5.74) is 5.59. The van der Waals surface area contributed by atoms with Gasteiger partial charge in [-0.05, 0) is 59.5 Å². The number of carbonyl (C=O) groups excluding carboxylic acids is 2. The molecule has 6 nitrogen and oxygen atoms in total. The van der Waals surface area contributed by atoms with Gasteiger partial charge in [0.05, 0.1) is 11.3 Å². The lowest BCUT2D eigenvalue weighted by Gasteiger charge is -2.39. The molecule has 1 fully saturated rings. The van der Waals surface area contributed by atoms with Crippen molar-refractivity contribution in [1.29, 1.82) is 0 Å². The van der Waals surface area contributed by atoms with Crippen molar-refractivity contribution in [3.8, 4) is 11.3 Å². The van der Waals surface area contributed by atoms with Gasteiger partial charge in [-0.15, -0.1) is 0 Å². The fourth-order valence-electron chi connectivity index (χ4n) is 6.47. The fraction of sp³-hybridized carbons (Fsp3) is 0.233. The first-order valence-electron chi connectivity index (χ1n) is 17.4. The second-order valence-electron chi connectivity index (χ2n) is 13.1. The number of aromatic nitrogens is 1. The average Bonchev–Trinajstić information content (AvgIpc) is 3.16. The quantitative estimate of drug-likeness (QED) is 0.131. The third kappa shape index (κ3) is 9.61. The number of hydrogen-bond acceptors (Lipinski definition) is 4. The number of amides is 2. The molecule has 52 heavy (non-hydrogen) atoms. The molecule has 1 unspecified atom stereocenters. The molecule has 1 aromatic heterocycles. The van der Waals surface area contributed by atoms with Crippen LogP contribution in [0, 0.1) is 6.92 Å². The van der Waals surface area contributed by atoms with Gasteiger partial charge in [-0.1, -0.05) is 103 Å². The van der Waals surface area contributed by atoms with Gasteiger partial charge in [-0.25, -0.2) is 0 Å². The zero-order chi connectivity index (χ0) is 36.5. The topological polar surface area (TPSA) is 56.8 Å². The highest BCUT2D eigenvalue weighted by molar-refractivity contribution is 5.95. The van der Waals surface area contributed by atoms with Crippen LogP contribution in [0.1, 0.15) is 33.4 Å². The third-order valence-electron chi connectivity index (χ3n) is 9.31. The molecule has 5 aromatic rings. The summed E-state index contributed by atoms with van der Waals surface area (Å²) in [7, 11) is 0. The molecule has 0 radical (unpaired) electrons. The van der Waals surface area contributed by atoms with E-state index in [0.717, 1.165) is 41.1 Å². The Kier molecular flexibility index (Phi) is 11.6. The molecule has 266 valence electrons. The van der Waals surface area contributed by atoms with Gasteiger partial charge in [-0.2, -0.15) is 13.2 Å². The van der Waals surface area contributed by atoms with E-state index < -0.39 is 23.7 Å². The summed E-state index contributed by atoms with van der Waals surface area (Å²) in [5.74, 6) is -0.554. The van der Waals surface area contributed by atoms with Crippen LogP contribution in [0.15, 0.2) is 134 Å². The molecule has 1 atom stereocenters. The largest absolute Gasteiger partial charge is 0.416 e. The van der Waals surface area contributed by atoms with E-state index in [1.807, 2.05) is 77.7 Å². The number of hydrogen-bond donors (Lipinski definition) is 0. The molecule has 2 amide bonds. The predicted octanol–water partition coefficient (Wildman–Crippen LogP) is 8.07. The van der Waals surface area contributed by atoms with Gasteiger partial charge < -0.3 is 9.80 Å². The molecule has 0 saturated carbocycles. The molecule has 0 bridgehead atoms. The molecule has 0 N–H and O–H groups in total. The minimum Gasteiger partial charge on any atom is -0.338 e. The lowest BCUT2D eigenvalue weighted by atomic mass is 10.0. The number of alkyl halides is 3. The van der Waals surface area contributed by atoms with E-state index in [1.165, 1.54) is 35.4 Å². The monoisotopic (exact) mass is 702 g/mol. The highest BCUT2D eigenvalue weighted by Gasteiger charge is 2.34. The Morgan fingerprint density at radius 2 is 1.48 bits per heavy atom. The van der Waals surface area contributed by atoms with Crippen molar-refractivity contribution in [2.24, 2.45) is 0 Å². The summed E-state index contributed by atoms with van der Waals surface area (Å²) >= 11 is 0. The van der Waals surface area contributed by atoms with Crippen molar-refractivity contribution in [2.75, 3.05) is 26.2 Å². The summed E-state index contributed by atoms with van der Waals surface area (Å²) in [6.07, 6.45) is 0.408. The van der Waals surface area contributed by atoms with Crippen LogP contribution in [0.5, 0.6) is 0 Å².